The van der Waals surface area contributed by atoms with Crippen molar-refractivity contribution in [2.45, 2.75) is 31.3 Å². The maximum atomic E-state index is 14.8. The van der Waals surface area contributed by atoms with Crippen molar-refractivity contribution in [1.29, 1.82) is 0 Å². The molecule has 3 aromatic carbocycles. The molecule has 0 radical (unpaired) electrons. The summed E-state index contributed by atoms with van der Waals surface area (Å²) >= 11 is 0. The summed E-state index contributed by atoms with van der Waals surface area (Å²) in [5.41, 5.74) is 1.87. The molecule has 1 aliphatic carbocycles. The fourth-order valence-electron chi connectivity index (χ4n) is 4.49. The van der Waals surface area contributed by atoms with Crippen LogP contribution in [0.15, 0.2) is 48.5 Å². The molecule has 1 N–H and O–H groups in total. The Morgan fingerprint density at radius 3 is 2.74 bits per heavy atom. The van der Waals surface area contributed by atoms with Gasteiger partial charge in [0.15, 0.2) is 11.6 Å². The lowest BCUT2D eigenvalue weighted by Crippen LogP contribution is -2.09. The molecule has 1 heterocycles. The lowest BCUT2D eigenvalue weighted by Gasteiger charge is -2.17. The van der Waals surface area contributed by atoms with Gasteiger partial charge in [0, 0.05) is 34.7 Å². The third-order valence-corrected chi connectivity index (χ3v) is 6.16. The third kappa shape index (κ3) is 4.11. The molecule has 0 aromatic heterocycles. The molecule has 2 aliphatic rings. The number of carbonyl (C=O) groups excluding carboxylic acids is 1. The summed E-state index contributed by atoms with van der Waals surface area (Å²) in [7, 11) is 1.35. The fourth-order valence-corrected chi connectivity index (χ4v) is 4.49. The van der Waals surface area contributed by atoms with E-state index in [9.17, 15) is 18.7 Å². The zero-order valence-corrected chi connectivity index (χ0v) is 18.3. The summed E-state index contributed by atoms with van der Waals surface area (Å²) in [6.07, 6.45) is 0.666. The lowest BCUT2D eigenvalue weighted by atomic mass is 9.98. The molecule has 0 spiro atoms. The van der Waals surface area contributed by atoms with Crippen molar-refractivity contribution >= 4 is 5.97 Å². The summed E-state index contributed by atoms with van der Waals surface area (Å²) in [6.45, 7) is 0.376. The van der Waals surface area contributed by atoms with Gasteiger partial charge in [-0.3, -0.25) is 4.79 Å². The van der Waals surface area contributed by atoms with Crippen LogP contribution in [0.5, 0.6) is 28.7 Å². The van der Waals surface area contributed by atoms with Crippen LogP contribution in [0.4, 0.5) is 8.78 Å². The zero-order valence-electron chi connectivity index (χ0n) is 18.3. The van der Waals surface area contributed by atoms with Crippen LogP contribution >= 0.6 is 0 Å². The molecule has 176 valence electrons. The van der Waals surface area contributed by atoms with E-state index in [1.165, 1.54) is 31.4 Å². The first-order valence-electron chi connectivity index (χ1n) is 10.9. The Balaban J connectivity index is 1.37. The van der Waals surface area contributed by atoms with Gasteiger partial charge >= 0.3 is 5.97 Å². The summed E-state index contributed by atoms with van der Waals surface area (Å²) in [5.74, 6) is -0.278. The monoisotopic (exact) mass is 468 g/mol. The number of phenolic OH excluding ortho intramolecular Hbond substituents is 1. The number of carbonyl (C=O) groups is 1. The largest absolute Gasteiger partial charge is 0.508 e. The lowest BCUT2D eigenvalue weighted by molar-refractivity contribution is -0.141. The second-order valence-corrected chi connectivity index (χ2v) is 8.29. The van der Waals surface area contributed by atoms with Crippen LogP contribution in [0, 0.1) is 11.6 Å². The third-order valence-electron chi connectivity index (χ3n) is 6.16. The van der Waals surface area contributed by atoms with Crippen molar-refractivity contribution in [2.75, 3.05) is 13.7 Å². The molecule has 0 saturated heterocycles. The number of ether oxygens (including phenoxy) is 4. The van der Waals surface area contributed by atoms with Gasteiger partial charge in [0.2, 0.25) is 0 Å². The molecule has 0 fully saturated rings. The second-order valence-electron chi connectivity index (χ2n) is 8.29. The van der Waals surface area contributed by atoms with Gasteiger partial charge in [0.05, 0.1) is 20.1 Å². The van der Waals surface area contributed by atoms with E-state index in [0.29, 0.717) is 47.8 Å². The number of phenols is 1. The Kier molecular flexibility index (Phi) is 5.73. The van der Waals surface area contributed by atoms with Crippen molar-refractivity contribution in [2.24, 2.45) is 0 Å². The first-order valence-corrected chi connectivity index (χ1v) is 10.9. The van der Waals surface area contributed by atoms with Crippen LogP contribution in [-0.4, -0.2) is 24.8 Å². The molecule has 5 rings (SSSR count). The number of fused-ring (bicyclic) bond motifs is 2. The van der Waals surface area contributed by atoms with Crippen LogP contribution in [0.25, 0.3) is 0 Å². The van der Waals surface area contributed by atoms with E-state index < -0.39 is 17.7 Å². The van der Waals surface area contributed by atoms with E-state index in [4.69, 9.17) is 18.9 Å². The predicted molar refractivity (Wildman–Crippen MR) is 118 cm³/mol. The molecule has 0 amide bonds. The number of esters is 1. The fraction of sp³-hybridized carbons (Fsp3) is 0.269. The first-order chi connectivity index (χ1) is 16.4. The van der Waals surface area contributed by atoms with Crippen molar-refractivity contribution in [3.05, 3.63) is 76.9 Å². The maximum Gasteiger partial charge on any atom is 0.306 e. The van der Waals surface area contributed by atoms with E-state index in [0.717, 1.165) is 11.6 Å². The van der Waals surface area contributed by atoms with Crippen LogP contribution in [0.2, 0.25) is 0 Å². The van der Waals surface area contributed by atoms with E-state index in [2.05, 4.69) is 0 Å². The number of methoxy groups -OCH3 is 1. The first kappa shape index (κ1) is 22.0. The van der Waals surface area contributed by atoms with Crippen molar-refractivity contribution in [3.63, 3.8) is 0 Å². The molecule has 34 heavy (non-hydrogen) atoms. The standard InChI is InChI=1S/C26H22F2O6/c1-31-25(30)10-14-13-32-23-12-16(3-4-17(14)23)33-22-8-5-18-21(9-7-20(28)26(18)22)34-24-11-15(29)2-6-19(24)27/h2-4,6-7,9,11-12,14,22,29H,5,8,10,13H2,1H3/t14?,22-/m1/s1. The maximum absolute atomic E-state index is 14.8. The minimum absolute atomic E-state index is 0.0846. The Labute approximate surface area is 194 Å². The highest BCUT2D eigenvalue weighted by atomic mass is 19.1. The summed E-state index contributed by atoms with van der Waals surface area (Å²) in [5, 5.41) is 9.64. The number of hydrogen-bond donors (Lipinski definition) is 1. The van der Waals surface area contributed by atoms with Gasteiger partial charge < -0.3 is 24.1 Å². The van der Waals surface area contributed by atoms with Crippen molar-refractivity contribution in [1.82, 2.24) is 0 Å². The van der Waals surface area contributed by atoms with Gasteiger partial charge in [-0.2, -0.15) is 0 Å². The molecule has 2 atom stereocenters. The van der Waals surface area contributed by atoms with Crippen LogP contribution in [0.1, 0.15) is 41.6 Å². The van der Waals surface area contributed by atoms with Crippen molar-refractivity contribution in [3.8, 4) is 28.7 Å². The molecule has 8 heteroatoms. The molecule has 0 bridgehead atoms. The Hall–Kier alpha value is -3.81. The Morgan fingerprint density at radius 2 is 1.91 bits per heavy atom. The zero-order chi connectivity index (χ0) is 23.8. The second kappa shape index (κ2) is 8.85. The number of rotatable bonds is 6. The quantitative estimate of drug-likeness (QED) is 0.477. The molecule has 1 aliphatic heterocycles. The SMILES string of the molecule is COC(=O)CC1COc2cc(O[C@@H]3CCc4c(Oc5cc(O)ccc5F)ccc(F)c43)ccc21. The molecular weight excluding hydrogens is 446 g/mol. The number of hydrogen-bond acceptors (Lipinski definition) is 6. The van der Waals surface area contributed by atoms with Gasteiger partial charge in [-0.25, -0.2) is 8.78 Å². The number of benzene rings is 3. The minimum atomic E-state index is -0.634. The highest BCUT2D eigenvalue weighted by molar-refractivity contribution is 5.71. The number of aromatic hydroxyl groups is 1. The summed E-state index contributed by atoms with van der Waals surface area (Å²) in [4.78, 5) is 11.6. The minimum Gasteiger partial charge on any atom is -0.508 e. The molecule has 0 saturated carbocycles. The Morgan fingerprint density at radius 1 is 1.09 bits per heavy atom. The normalized spacial score (nSPS) is 18.1. The smallest absolute Gasteiger partial charge is 0.306 e. The summed E-state index contributed by atoms with van der Waals surface area (Å²) < 4.78 is 51.2. The van der Waals surface area contributed by atoms with Gasteiger partial charge in [-0.1, -0.05) is 6.07 Å². The average Bonchev–Trinajstić information content (AvgIpc) is 3.43. The topological polar surface area (TPSA) is 74.2 Å². The average molecular weight is 468 g/mol. The molecule has 6 nitrogen and oxygen atoms in total. The Bertz CT molecular complexity index is 1260. The van der Waals surface area contributed by atoms with Crippen molar-refractivity contribution < 1.29 is 37.6 Å². The van der Waals surface area contributed by atoms with Crippen LogP contribution in [-0.2, 0) is 16.0 Å². The highest BCUT2D eigenvalue weighted by Gasteiger charge is 2.32. The van der Waals surface area contributed by atoms with Crippen LogP contribution in [0.3, 0.4) is 0 Å². The van der Waals surface area contributed by atoms with Gasteiger partial charge in [-0.15, -0.1) is 0 Å². The molecular formula is C26H22F2O6. The molecule has 3 aromatic rings. The van der Waals surface area contributed by atoms with E-state index in [1.807, 2.05) is 6.07 Å². The number of halogens is 2. The van der Waals surface area contributed by atoms with Gasteiger partial charge in [-0.05, 0) is 43.2 Å². The van der Waals surface area contributed by atoms with Gasteiger partial charge in [0.1, 0.15) is 34.9 Å². The van der Waals surface area contributed by atoms with Gasteiger partial charge in [0.25, 0.3) is 0 Å². The van der Waals surface area contributed by atoms with E-state index >= 15 is 0 Å². The molecule has 1 unspecified atom stereocenters. The van der Waals surface area contributed by atoms with Crippen LogP contribution < -0.4 is 14.2 Å². The van der Waals surface area contributed by atoms with E-state index in [-0.39, 0.29) is 29.8 Å². The van der Waals surface area contributed by atoms with E-state index in [1.54, 1.807) is 12.1 Å². The highest BCUT2D eigenvalue weighted by Crippen LogP contribution is 2.44. The predicted octanol–water partition coefficient (Wildman–Crippen LogP) is 5.57. The summed E-state index contributed by atoms with van der Waals surface area (Å²) in [6, 6.07) is 11.6.